The maximum Gasteiger partial charge on any atom is 0.339 e. The number of amides is 1. The van der Waals surface area contributed by atoms with Gasteiger partial charge in [-0.05, 0) is 12.1 Å². The molecule has 0 atom stereocenters. The minimum Gasteiger partial charge on any atom is -0.493 e. The summed E-state index contributed by atoms with van der Waals surface area (Å²) in [7, 11) is 5.56. The summed E-state index contributed by atoms with van der Waals surface area (Å²) in [6.07, 6.45) is 0. The highest BCUT2D eigenvalue weighted by atomic mass is 16.5. The van der Waals surface area contributed by atoms with Crippen molar-refractivity contribution in [1.29, 1.82) is 0 Å². The van der Waals surface area contributed by atoms with Gasteiger partial charge in [0.2, 0.25) is 5.75 Å². The lowest BCUT2D eigenvalue weighted by Crippen LogP contribution is -2.22. The fraction of sp³-hybridized carbons (Fsp3) is 0.250. The molecule has 9 nitrogen and oxygen atoms in total. The molecule has 0 aromatic heterocycles. The number of anilines is 1. The fourth-order valence-electron chi connectivity index (χ4n) is 2.51. The first kappa shape index (κ1) is 21.5. The molecule has 2 aromatic carbocycles. The predicted octanol–water partition coefficient (Wildman–Crippen LogP) is 2.29. The van der Waals surface area contributed by atoms with Crippen LogP contribution in [0.4, 0.5) is 5.69 Å². The summed E-state index contributed by atoms with van der Waals surface area (Å²) >= 11 is 0. The molecule has 0 heterocycles. The Hall–Kier alpha value is -3.75. The summed E-state index contributed by atoms with van der Waals surface area (Å²) in [5.41, 5.74) is 0.403. The van der Waals surface area contributed by atoms with Gasteiger partial charge in [-0.1, -0.05) is 12.1 Å². The number of hydrogen-bond donors (Lipinski definition) is 1. The summed E-state index contributed by atoms with van der Waals surface area (Å²) in [5.74, 6) is -1.02. The number of carbonyl (C=O) groups excluding carboxylic acids is 3. The van der Waals surface area contributed by atoms with Gasteiger partial charge in [0, 0.05) is 17.8 Å². The smallest absolute Gasteiger partial charge is 0.339 e. The van der Waals surface area contributed by atoms with Crippen molar-refractivity contribution in [2.45, 2.75) is 0 Å². The van der Waals surface area contributed by atoms with E-state index in [-0.39, 0.29) is 11.1 Å². The molecule has 0 aliphatic carbocycles. The second-order valence-electron chi connectivity index (χ2n) is 5.58. The lowest BCUT2D eigenvalue weighted by atomic mass is 10.1. The lowest BCUT2D eigenvalue weighted by Gasteiger charge is -2.14. The van der Waals surface area contributed by atoms with Crippen LogP contribution in [0.5, 0.6) is 17.2 Å². The molecular weight excluding hydrogens is 382 g/mol. The zero-order valence-electron chi connectivity index (χ0n) is 16.4. The van der Waals surface area contributed by atoms with E-state index in [0.29, 0.717) is 22.9 Å². The van der Waals surface area contributed by atoms with Gasteiger partial charge in [0.15, 0.2) is 18.1 Å². The molecular formula is C20H21NO8. The Bertz CT molecular complexity index is 884. The number of methoxy groups -OCH3 is 4. The second-order valence-corrected chi connectivity index (χ2v) is 5.58. The molecule has 2 rings (SSSR count). The Kier molecular flexibility index (Phi) is 7.41. The molecule has 0 aliphatic rings. The lowest BCUT2D eigenvalue weighted by molar-refractivity contribution is -0.119. The van der Waals surface area contributed by atoms with Crippen molar-refractivity contribution < 1.29 is 38.1 Å². The number of nitrogens with one attached hydrogen (secondary N) is 1. The molecule has 1 N–H and O–H groups in total. The molecule has 0 spiro atoms. The molecule has 0 saturated heterocycles. The Morgan fingerprint density at radius 3 is 1.86 bits per heavy atom. The minimum atomic E-state index is -0.828. The Labute approximate surface area is 167 Å². The number of hydrogen-bond acceptors (Lipinski definition) is 8. The molecule has 0 fully saturated rings. The van der Waals surface area contributed by atoms with E-state index in [1.807, 2.05) is 0 Å². The third kappa shape index (κ3) is 5.16. The van der Waals surface area contributed by atoms with Gasteiger partial charge in [-0.2, -0.15) is 0 Å². The van der Waals surface area contributed by atoms with E-state index in [0.717, 1.165) is 0 Å². The summed E-state index contributed by atoms with van der Waals surface area (Å²) in [6, 6.07) is 9.06. The first-order valence-corrected chi connectivity index (χ1v) is 8.39. The Morgan fingerprint density at radius 1 is 0.828 bits per heavy atom. The number of carbonyl (C=O) groups is 3. The molecule has 0 aliphatic heterocycles. The van der Waals surface area contributed by atoms with Crippen molar-refractivity contribution in [2.24, 2.45) is 0 Å². The van der Waals surface area contributed by atoms with E-state index in [9.17, 15) is 14.4 Å². The molecule has 0 unspecified atom stereocenters. The van der Waals surface area contributed by atoms with Crippen molar-refractivity contribution in [3.8, 4) is 17.2 Å². The van der Waals surface area contributed by atoms with Crippen molar-refractivity contribution in [2.75, 3.05) is 40.4 Å². The Morgan fingerprint density at radius 2 is 1.38 bits per heavy atom. The van der Waals surface area contributed by atoms with Gasteiger partial charge < -0.3 is 29.0 Å². The maximum atomic E-state index is 12.3. The van der Waals surface area contributed by atoms with Gasteiger partial charge in [0.1, 0.15) is 0 Å². The molecule has 2 aromatic rings. The van der Waals surface area contributed by atoms with E-state index in [1.54, 1.807) is 12.1 Å². The van der Waals surface area contributed by atoms with E-state index in [2.05, 4.69) is 10.1 Å². The number of ether oxygens (including phenoxy) is 5. The van der Waals surface area contributed by atoms with Crippen LogP contribution >= 0.6 is 0 Å². The van der Waals surface area contributed by atoms with Crippen LogP contribution in [0.1, 0.15) is 20.7 Å². The highest BCUT2D eigenvalue weighted by Gasteiger charge is 2.20. The van der Waals surface area contributed by atoms with Gasteiger partial charge in [0.25, 0.3) is 5.91 Å². The first-order chi connectivity index (χ1) is 13.9. The fourth-order valence-corrected chi connectivity index (χ4v) is 2.51. The van der Waals surface area contributed by atoms with Gasteiger partial charge in [-0.3, -0.25) is 4.79 Å². The van der Waals surface area contributed by atoms with E-state index in [4.69, 9.17) is 18.9 Å². The van der Waals surface area contributed by atoms with Crippen LogP contribution in [-0.2, 0) is 14.3 Å². The number of esters is 2. The van der Waals surface area contributed by atoms with Crippen molar-refractivity contribution >= 4 is 23.5 Å². The molecule has 0 saturated carbocycles. The van der Waals surface area contributed by atoms with Crippen molar-refractivity contribution in [3.05, 3.63) is 47.5 Å². The zero-order valence-corrected chi connectivity index (χ0v) is 16.4. The average molecular weight is 403 g/mol. The van der Waals surface area contributed by atoms with Gasteiger partial charge in [0.05, 0.1) is 39.6 Å². The van der Waals surface area contributed by atoms with Crippen LogP contribution in [0.25, 0.3) is 0 Å². The monoisotopic (exact) mass is 403 g/mol. The van der Waals surface area contributed by atoms with Crippen LogP contribution in [0.2, 0.25) is 0 Å². The third-order valence-electron chi connectivity index (χ3n) is 3.84. The minimum absolute atomic E-state index is 0.0000593. The van der Waals surface area contributed by atoms with Crippen LogP contribution < -0.4 is 19.5 Å². The summed E-state index contributed by atoms with van der Waals surface area (Å²) in [6.45, 7) is -0.564. The molecule has 154 valence electrons. The standard InChI is InChI=1S/C20H21NO8/c1-25-15-9-12(10-16(26-2)18(15)27-3)21-17(22)11-29-20(24)14-8-6-5-7-13(14)19(23)28-4/h5-10H,11H2,1-4H3,(H,21,22). The highest BCUT2D eigenvalue weighted by molar-refractivity contribution is 6.04. The largest absolute Gasteiger partial charge is 0.493 e. The van der Waals surface area contributed by atoms with Gasteiger partial charge >= 0.3 is 11.9 Å². The molecule has 0 bridgehead atoms. The number of rotatable bonds is 8. The first-order valence-electron chi connectivity index (χ1n) is 8.39. The van der Waals surface area contributed by atoms with Crippen LogP contribution in [-0.4, -0.2) is 52.9 Å². The molecule has 9 heteroatoms. The summed E-state index contributed by atoms with van der Waals surface area (Å²) < 4.78 is 25.3. The highest BCUT2D eigenvalue weighted by Crippen LogP contribution is 2.39. The van der Waals surface area contributed by atoms with Crippen molar-refractivity contribution in [1.82, 2.24) is 0 Å². The maximum absolute atomic E-state index is 12.3. The predicted molar refractivity (Wildman–Crippen MR) is 103 cm³/mol. The topological polar surface area (TPSA) is 109 Å². The van der Waals surface area contributed by atoms with Gasteiger partial charge in [-0.25, -0.2) is 9.59 Å². The molecule has 29 heavy (non-hydrogen) atoms. The van der Waals surface area contributed by atoms with E-state index >= 15 is 0 Å². The SMILES string of the molecule is COC(=O)c1ccccc1C(=O)OCC(=O)Nc1cc(OC)c(OC)c(OC)c1. The van der Waals surface area contributed by atoms with Gasteiger partial charge in [-0.15, -0.1) is 0 Å². The third-order valence-corrected chi connectivity index (χ3v) is 3.84. The van der Waals surface area contributed by atoms with Crippen LogP contribution in [0.15, 0.2) is 36.4 Å². The van der Waals surface area contributed by atoms with Crippen LogP contribution in [0.3, 0.4) is 0 Å². The van der Waals surface area contributed by atoms with E-state index in [1.165, 1.54) is 52.7 Å². The quantitative estimate of drug-likeness (QED) is 0.669. The molecule has 1 amide bonds. The normalized spacial score (nSPS) is 9.93. The van der Waals surface area contributed by atoms with Crippen molar-refractivity contribution in [3.63, 3.8) is 0 Å². The summed E-state index contributed by atoms with van der Waals surface area (Å²) in [4.78, 5) is 36.2. The zero-order chi connectivity index (χ0) is 21.4. The van der Waals surface area contributed by atoms with Crippen LogP contribution in [0, 0.1) is 0 Å². The summed E-state index contributed by atoms with van der Waals surface area (Å²) in [5, 5.41) is 2.57. The second kappa shape index (κ2) is 9.98. The Balaban J connectivity index is 2.07. The number of benzene rings is 2. The molecule has 0 radical (unpaired) electrons. The van der Waals surface area contributed by atoms with E-state index < -0.39 is 24.5 Å². The average Bonchev–Trinajstić information content (AvgIpc) is 2.75.